The van der Waals surface area contributed by atoms with Gasteiger partial charge in [-0.2, -0.15) is 0 Å². The van der Waals surface area contributed by atoms with Crippen molar-refractivity contribution >= 4 is 11.4 Å². The maximum atomic E-state index is 6.05. The van der Waals surface area contributed by atoms with Gasteiger partial charge in [-0.15, -0.1) is 0 Å². The van der Waals surface area contributed by atoms with E-state index >= 15 is 0 Å². The topological polar surface area (TPSA) is 38.0 Å². The van der Waals surface area contributed by atoms with Crippen molar-refractivity contribution in [1.82, 2.24) is 0 Å². The summed E-state index contributed by atoms with van der Waals surface area (Å²) in [6.45, 7) is 5.30. The van der Waals surface area contributed by atoms with Gasteiger partial charge in [0.25, 0.3) is 0 Å². The molecule has 18 heavy (non-hydrogen) atoms. The normalized spacial score (nSPS) is 16.8. The summed E-state index contributed by atoms with van der Waals surface area (Å²) >= 11 is 0. The minimum atomic E-state index is 0.877. The molecule has 0 atom stereocenters. The van der Waals surface area contributed by atoms with E-state index in [-0.39, 0.29) is 0 Å². The summed E-state index contributed by atoms with van der Waals surface area (Å²) in [5, 5.41) is 3.50. The molecule has 1 fully saturated rings. The van der Waals surface area contributed by atoms with Gasteiger partial charge in [-0.25, -0.2) is 0 Å². The van der Waals surface area contributed by atoms with E-state index in [1.165, 1.54) is 49.7 Å². The van der Waals surface area contributed by atoms with E-state index < -0.39 is 0 Å². The Hall–Kier alpha value is -1.18. The lowest BCUT2D eigenvalue weighted by molar-refractivity contribution is 0.345. The first-order chi connectivity index (χ1) is 8.66. The molecule has 2 heteroatoms. The lowest BCUT2D eigenvalue weighted by Crippen LogP contribution is -2.13. The highest BCUT2D eigenvalue weighted by Gasteiger charge is 2.12. The Bertz CT molecular complexity index is 392. The number of nitrogens with two attached hydrogens (primary N) is 1. The van der Waals surface area contributed by atoms with Crippen LogP contribution < -0.4 is 11.1 Å². The molecule has 0 aromatic heterocycles. The van der Waals surface area contributed by atoms with Gasteiger partial charge in [-0.05, 0) is 49.4 Å². The fourth-order valence-electron chi connectivity index (χ4n) is 2.88. The summed E-state index contributed by atoms with van der Waals surface area (Å²) in [5.41, 5.74) is 10.6. The van der Waals surface area contributed by atoms with Gasteiger partial charge >= 0.3 is 0 Å². The van der Waals surface area contributed by atoms with Gasteiger partial charge in [0.1, 0.15) is 0 Å². The van der Waals surface area contributed by atoms with Crippen LogP contribution in [0.2, 0.25) is 0 Å². The van der Waals surface area contributed by atoms with Crippen molar-refractivity contribution in [3.05, 3.63) is 23.3 Å². The first-order valence-electron chi connectivity index (χ1n) is 7.27. The molecule has 100 valence electrons. The van der Waals surface area contributed by atoms with Gasteiger partial charge in [-0.1, -0.05) is 32.1 Å². The Morgan fingerprint density at radius 2 is 1.78 bits per heavy atom. The second-order valence-electron chi connectivity index (χ2n) is 5.74. The number of benzene rings is 1. The zero-order valence-corrected chi connectivity index (χ0v) is 11.8. The predicted octanol–water partition coefficient (Wildman–Crippen LogP) is 4.27. The Kier molecular flexibility index (Phi) is 4.51. The summed E-state index contributed by atoms with van der Waals surface area (Å²) in [4.78, 5) is 0. The monoisotopic (exact) mass is 246 g/mol. The maximum Gasteiger partial charge on any atom is 0.0576 e. The Balaban J connectivity index is 1.84. The third kappa shape index (κ3) is 3.41. The van der Waals surface area contributed by atoms with E-state index in [1.54, 1.807) is 0 Å². The largest absolute Gasteiger partial charge is 0.397 e. The molecular weight excluding hydrogens is 220 g/mol. The van der Waals surface area contributed by atoms with Crippen molar-refractivity contribution in [2.24, 2.45) is 5.92 Å². The van der Waals surface area contributed by atoms with E-state index in [2.05, 4.69) is 31.3 Å². The Morgan fingerprint density at radius 1 is 1.11 bits per heavy atom. The van der Waals surface area contributed by atoms with E-state index in [0.717, 1.165) is 23.8 Å². The minimum Gasteiger partial charge on any atom is -0.397 e. The molecule has 3 N–H and O–H groups in total. The van der Waals surface area contributed by atoms with Crippen LogP contribution in [0.25, 0.3) is 0 Å². The molecular formula is C16H26N2. The van der Waals surface area contributed by atoms with Gasteiger partial charge in [0.05, 0.1) is 11.4 Å². The van der Waals surface area contributed by atoms with Gasteiger partial charge in [-0.3, -0.25) is 0 Å². The van der Waals surface area contributed by atoms with Crippen molar-refractivity contribution in [3.63, 3.8) is 0 Å². The second-order valence-corrected chi connectivity index (χ2v) is 5.74. The highest BCUT2D eigenvalue weighted by atomic mass is 14.9. The first kappa shape index (κ1) is 13.3. The SMILES string of the molecule is Cc1cc(N)c(NCCC2CCCCC2)cc1C. The summed E-state index contributed by atoms with van der Waals surface area (Å²) in [7, 11) is 0. The van der Waals surface area contributed by atoms with Crippen LogP contribution in [0.4, 0.5) is 11.4 Å². The number of nitrogens with one attached hydrogen (secondary N) is 1. The molecule has 2 nitrogen and oxygen atoms in total. The molecule has 0 amide bonds. The van der Waals surface area contributed by atoms with Crippen molar-refractivity contribution in [3.8, 4) is 0 Å². The average molecular weight is 246 g/mol. The minimum absolute atomic E-state index is 0.877. The van der Waals surface area contributed by atoms with Crippen LogP contribution in [0.3, 0.4) is 0 Å². The fourth-order valence-corrected chi connectivity index (χ4v) is 2.88. The average Bonchev–Trinajstić information content (AvgIpc) is 2.37. The van der Waals surface area contributed by atoms with Gasteiger partial charge in [0, 0.05) is 6.54 Å². The molecule has 1 aliphatic carbocycles. The molecule has 0 bridgehead atoms. The number of rotatable bonds is 4. The van der Waals surface area contributed by atoms with Crippen molar-refractivity contribution in [1.29, 1.82) is 0 Å². The first-order valence-corrected chi connectivity index (χ1v) is 7.27. The van der Waals surface area contributed by atoms with Crippen LogP contribution >= 0.6 is 0 Å². The summed E-state index contributed by atoms with van der Waals surface area (Å²) in [6, 6.07) is 4.24. The molecule has 1 aromatic carbocycles. The molecule has 1 saturated carbocycles. The van der Waals surface area contributed by atoms with E-state index in [0.29, 0.717) is 0 Å². The van der Waals surface area contributed by atoms with Gasteiger partial charge in [0.15, 0.2) is 0 Å². The number of hydrogen-bond donors (Lipinski definition) is 2. The van der Waals surface area contributed by atoms with E-state index in [4.69, 9.17) is 5.73 Å². The van der Waals surface area contributed by atoms with E-state index in [9.17, 15) is 0 Å². The number of nitrogen functional groups attached to an aromatic ring is 1. The molecule has 0 unspecified atom stereocenters. The van der Waals surface area contributed by atoms with Gasteiger partial charge < -0.3 is 11.1 Å². The molecule has 1 aromatic rings. The third-order valence-electron chi connectivity index (χ3n) is 4.26. The zero-order valence-electron chi connectivity index (χ0n) is 11.8. The fraction of sp³-hybridized carbons (Fsp3) is 0.625. The van der Waals surface area contributed by atoms with Crippen LogP contribution in [0, 0.1) is 19.8 Å². The molecule has 2 rings (SSSR count). The lowest BCUT2D eigenvalue weighted by Gasteiger charge is -2.22. The molecule has 0 saturated heterocycles. The van der Waals surface area contributed by atoms with Crippen LogP contribution in [0.1, 0.15) is 49.7 Å². The van der Waals surface area contributed by atoms with Crippen LogP contribution in [-0.2, 0) is 0 Å². The summed E-state index contributed by atoms with van der Waals surface area (Å²) in [6.07, 6.45) is 8.42. The van der Waals surface area contributed by atoms with Crippen molar-refractivity contribution < 1.29 is 0 Å². The Labute approximate surface area is 111 Å². The molecule has 0 spiro atoms. The summed E-state index contributed by atoms with van der Waals surface area (Å²) in [5.74, 6) is 0.930. The molecule has 0 heterocycles. The van der Waals surface area contributed by atoms with Gasteiger partial charge in [0.2, 0.25) is 0 Å². The lowest BCUT2D eigenvalue weighted by atomic mass is 9.87. The van der Waals surface area contributed by atoms with E-state index in [1.807, 2.05) is 0 Å². The third-order valence-corrected chi connectivity index (χ3v) is 4.26. The van der Waals surface area contributed by atoms with Crippen molar-refractivity contribution in [2.45, 2.75) is 52.4 Å². The molecule has 1 aliphatic rings. The Morgan fingerprint density at radius 3 is 2.50 bits per heavy atom. The maximum absolute atomic E-state index is 6.05. The molecule has 0 aliphatic heterocycles. The smallest absolute Gasteiger partial charge is 0.0576 e. The number of anilines is 2. The number of hydrogen-bond acceptors (Lipinski definition) is 2. The molecule has 0 radical (unpaired) electrons. The highest BCUT2D eigenvalue weighted by molar-refractivity contribution is 5.68. The predicted molar refractivity (Wildman–Crippen MR) is 80.0 cm³/mol. The van der Waals surface area contributed by atoms with Crippen LogP contribution in [0.5, 0.6) is 0 Å². The second kappa shape index (κ2) is 6.12. The number of aryl methyl sites for hydroxylation is 2. The summed E-state index contributed by atoms with van der Waals surface area (Å²) < 4.78 is 0. The highest BCUT2D eigenvalue weighted by Crippen LogP contribution is 2.27. The van der Waals surface area contributed by atoms with Crippen molar-refractivity contribution in [2.75, 3.05) is 17.6 Å². The van der Waals surface area contributed by atoms with Crippen LogP contribution in [0.15, 0.2) is 12.1 Å². The zero-order chi connectivity index (χ0) is 13.0. The van der Waals surface area contributed by atoms with Crippen LogP contribution in [-0.4, -0.2) is 6.54 Å². The standard InChI is InChI=1S/C16H26N2/c1-12-10-15(17)16(11-13(12)2)18-9-8-14-6-4-3-5-7-14/h10-11,14,18H,3-9,17H2,1-2H3. The quantitative estimate of drug-likeness (QED) is 0.779.